The summed E-state index contributed by atoms with van der Waals surface area (Å²) in [5.74, 6) is 0. The maximum absolute atomic E-state index is 4.94. The number of halogens is 1. The Hall–Kier alpha value is -0.410. The van der Waals surface area contributed by atoms with Crippen LogP contribution in [0.4, 0.5) is 0 Å². The second kappa shape index (κ2) is 3.83. The molecule has 0 N–H and O–H groups in total. The molecule has 0 unspecified atom stereocenters. The molecule has 0 spiro atoms. The molecule has 0 fully saturated rings. The summed E-state index contributed by atoms with van der Waals surface area (Å²) in [6.07, 6.45) is 0. The van der Waals surface area contributed by atoms with Crippen LogP contribution in [0.5, 0.6) is 0 Å². The zero-order valence-corrected chi connectivity index (χ0v) is 8.41. The van der Waals surface area contributed by atoms with Crippen LogP contribution in [0.1, 0.15) is 5.56 Å². The zero-order chi connectivity index (χ0) is 8.27. The van der Waals surface area contributed by atoms with E-state index in [0.29, 0.717) is 5.05 Å². The van der Waals surface area contributed by atoms with E-state index in [1.165, 1.54) is 0 Å². The Kier molecular flexibility index (Phi) is 3.02. The molecule has 0 aromatic heterocycles. The molecule has 1 aromatic rings. The van der Waals surface area contributed by atoms with Crippen LogP contribution in [0, 0.1) is 0 Å². The fraction of sp³-hybridized carbons (Fsp3) is 0.125. The van der Waals surface area contributed by atoms with Crippen molar-refractivity contribution in [2.24, 2.45) is 0 Å². The van der Waals surface area contributed by atoms with Gasteiger partial charge in [0.15, 0.2) is 5.05 Å². The zero-order valence-electron chi connectivity index (χ0n) is 6.00. The number of rotatable bonds is 1. The molecule has 0 aliphatic heterocycles. The molecule has 0 bridgehead atoms. The highest BCUT2D eigenvalue weighted by Gasteiger charge is 1.98. The molecule has 0 amide bonds. The van der Waals surface area contributed by atoms with Crippen molar-refractivity contribution in [3.8, 4) is 0 Å². The van der Waals surface area contributed by atoms with Gasteiger partial charge in [0.1, 0.15) is 0 Å². The number of ether oxygens (including phenoxy) is 1. The smallest absolute Gasteiger partial charge is 0.190 e. The maximum Gasteiger partial charge on any atom is 0.190 e. The van der Waals surface area contributed by atoms with E-state index in [1.54, 1.807) is 7.11 Å². The average molecular weight is 231 g/mol. The van der Waals surface area contributed by atoms with Gasteiger partial charge < -0.3 is 4.74 Å². The Morgan fingerprint density at radius 2 is 2.27 bits per heavy atom. The summed E-state index contributed by atoms with van der Waals surface area (Å²) in [5, 5.41) is 0.520. The van der Waals surface area contributed by atoms with Crippen molar-refractivity contribution >= 4 is 33.2 Å². The third-order valence-electron chi connectivity index (χ3n) is 1.25. The summed E-state index contributed by atoms with van der Waals surface area (Å²) in [7, 11) is 1.57. The number of benzene rings is 1. The van der Waals surface area contributed by atoms with Crippen LogP contribution < -0.4 is 0 Å². The molecule has 0 aliphatic rings. The molecule has 0 saturated heterocycles. The van der Waals surface area contributed by atoms with Gasteiger partial charge in [-0.2, -0.15) is 0 Å². The standard InChI is InChI=1S/C8H7BrOS/c1-10-8(11)6-3-2-4-7(9)5-6/h2-5H,1H3. The van der Waals surface area contributed by atoms with Crippen molar-refractivity contribution in [1.82, 2.24) is 0 Å². The van der Waals surface area contributed by atoms with Crippen molar-refractivity contribution in [2.75, 3.05) is 7.11 Å². The van der Waals surface area contributed by atoms with Crippen LogP contribution in [0.2, 0.25) is 0 Å². The molecule has 11 heavy (non-hydrogen) atoms. The largest absolute Gasteiger partial charge is 0.486 e. The SMILES string of the molecule is COC(=S)c1cccc(Br)c1. The monoisotopic (exact) mass is 230 g/mol. The van der Waals surface area contributed by atoms with Crippen LogP contribution in [0.3, 0.4) is 0 Å². The van der Waals surface area contributed by atoms with Gasteiger partial charge >= 0.3 is 0 Å². The minimum Gasteiger partial charge on any atom is -0.486 e. The maximum atomic E-state index is 4.94. The van der Waals surface area contributed by atoms with E-state index in [-0.39, 0.29) is 0 Å². The highest BCUT2D eigenvalue weighted by Crippen LogP contribution is 2.12. The Balaban J connectivity index is 2.96. The molecular formula is C8H7BrOS. The summed E-state index contributed by atoms with van der Waals surface area (Å²) in [5.41, 5.74) is 0.928. The van der Waals surface area contributed by atoms with Gasteiger partial charge in [-0.3, -0.25) is 0 Å². The lowest BCUT2D eigenvalue weighted by Gasteiger charge is -2.01. The summed E-state index contributed by atoms with van der Waals surface area (Å²) in [6.45, 7) is 0. The summed E-state index contributed by atoms with van der Waals surface area (Å²) < 4.78 is 5.91. The first kappa shape index (κ1) is 8.68. The van der Waals surface area contributed by atoms with Crippen molar-refractivity contribution in [2.45, 2.75) is 0 Å². The molecule has 0 atom stereocenters. The lowest BCUT2D eigenvalue weighted by Crippen LogP contribution is -1.98. The van der Waals surface area contributed by atoms with Gasteiger partial charge in [-0.05, 0) is 24.4 Å². The van der Waals surface area contributed by atoms with Gasteiger partial charge in [-0.1, -0.05) is 28.1 Å². The predicted molar refractivity (Wildman–Crippen MR) is 52.9 cm³/mol. The van der Waals surface area contributed by atoms with E-state index >= 15 is 0 Å². The van der Waals surface area contributed by atoms with Gasteiger partial charge in [-0.15, -0.1) is 0 Å². The molecule has 0 saturated carbocycles. The van der Waals surface area contributed by atoms with Crippen LogP contribution in [0.15, 0.2) is 28.7 Å². The molecule has 3 heteroatoms. The molecule has 1 aromatic carbocycles. The second-order valence-electron chi connectivity index (χ2n) is 2.00. The first-order valence-electron chi connectivity index (χ1n) is 3.08. The first-order valence-corrected chi connectivity index (χ1v) is 4.28. The topological polar surface area (TPSA) is 9.23 Å². The predicted octanol–water partition coefficient (Wildman–Crippen LogP) is 2.77. The first-order chi connectivity index (χ1) is 5.24. The molecule has 58 valence electrons. The van der Waals surface area contributed by atoms with Gasteiger partial charge in [0.25, 0.3) is 0 Å². The summed E-state index contributed by atoms with van der Waals surface area (Å²) in [6, 6.07) is 7.70. The van der Waals surface area contributed by atoms with Crippen LogP contribution in [0.25, 0.3) is 0 Å². The molecule has 0 aliphatic carbocycles. The average Bonchev–Trinajstić information content (AvgIpc) is 2.03. The summed E-state index contributed by atoms with van der Waals surface area (Å²) in [4.78, 5) is 0. The Bertz CT molecular complexity index is 273. The van der Waals surface area contributed by atoms with Gasteiger partial charge in [-0.25, -0.2) is 0 Å². The van der Waals surface area contributed by atoms with Gasteiger partial charge in [0.2, 0.25) is 0 Å². The molecule has 0 heterocycles. The van der Waals surface area contributed by atoms with Gasteiger partial charge in [0, 0.05) is 10.0 Å². The number of hydrogen-bond acceptors (Lipinski definition) is 2. The summed E-state index contributed by atoms with van der Waals surface area (Å²) >= 11 is 8.28. The number of hydrogen-bond donors (Lipinski definition) is 0. The van der Waals surface area contributed by atoms with Crippen LogP contribution in [-0.2, 0) is 4.74 Å². The van der Waals surface area contributed by atoms with Crippen molar-refractivity contribution in [1.29, 1.82) is 0 Å². The Morgan fingerprint density at radius 1 is 1.55 bits per heavy atom. The number of methoxy groups -OCH3 is 1. The third kappa shape index (κ3) is 2.27. The fourth-order valence-corrected chi connectivity index (χ4v) is 1.26. The Morgan fingerprint density at radius 3 is 2.82 bits per heavy atom. The van der Waals surface area contributed by atoms with E-state index in [4.69, 9.17) is 17.0 Å². The van der Waals surface area contributed by atoms with E-state index in [9.17, 15) is 0 Å². The van der Waals surface area contributed by atoms with Crippen LogP contribution in [-0.4, -0.2) is 12.2 Å². The highest BCUT2D eigenvalue weighted by molar-refractivity contribution is 9.10. The van der Waals surface area contributed by atoms with Crippen molar-refractivity contribution < 1.29 is 4.74 Å². The van der Waals surface area contributed by atoms with Crippen molar-refractivity contribution in [3.05, 3.63) is 34.3 Å². The highest BCUT2D eigenvalue weighted by atomic mass is 79.9. The van der Waals surface area contributed by atoms with E-state index < -0.39 is 0 Å². The van der Waals surface area contributed by atoms with E-state index in [1.807, 2.05) is 24.3 Å². The van der Waals surface area contributed by atoms with E-state index in [0.717, 1.165) is 10.0 Å². The Labute approximate surface area is 79.5 Å². The lowest BCUT2D eigenvalue weighted by atomic mass is 10.2. The molecule has 1 rings (SSSR count). The van der Waals surface area contributed by atoms with E-state index in [2.05, 4.69) is 15.9 Å². The molecular weight excluding hydrogens is 224 g/mol. The minimum absolute atomic E-state index is 0.520. The quantitative estimate of drug-likeness (QED) is 0.687. The lowest BCUT2D eigenvalue weighted by molar-refractivity contribution is 0.416. The molecule has 0 radical (unpaired) electrons. The van der Waals surface area contributed by atoms with Crippen LogP contribution >= 0.6 is 28.1 Å². The second-order valence-corrected chi connectivity index (χ2v) is 3.29. The fourth-order valence-electron chi connectivity index (χ4n) is 0.733. The normalized spacial score (nSPS) is 9.27. The molecule has 1 nitrogen and oxygen atoms in total. The number of thiocarbonyl (C=S) groups is 1. The third-order valence-corrected chi connectivity index (χ3v) is 2.14. The minimum atomic E-state index is 0.520. The van der Waals surface area contributed by atoms with Gasteiger partial charge in [0.05, 0.1) is 7.11 Å². The van der Waals surface area contributed by atoms with Crippen molar-refractivity contribution in [3.63, 3.8) is 0 Å².